The first kappa shape index (κ1) is 13.8. The van der Waals surface area contributed by atoms with Crippen LogP contribution in [0.2, 0.25) is 0 Å². The molecule has 2 fully saturated rings. The van der Waals surface area contributed by atoms with Gasteiger partial charge in [0.1, 0.15) is 0 Å². The Kier molecular flexibility index (Phi) is 4.25. The van der Waals surface area contributed by atoms with Crippen molar-refractivity contribution in [1.82, 2.24) is 4.90 Å². The molecule has 0 aromatic heterocycles. The zero-order valence-corrected chi connectivity index (χ0v) is 12.2. The number of amides is 1. The van der Waals surface area contributed by atoms with E-state index < -0.39 is 0 Å². The van der Waals surface area contributed by atoms with E-state index in [2.05, 4.69) is 13.8 Å². The van der Waals surface area contributed by atoms with E-state index in [0.29, 0.717) is 29.8 Å². The van der Waals surface area contributed by atoms with E-state index in [1.165, 1.54) is 19.3 Å². The zero-order valence-electron chi connectivity index (χ0n) is 11.4. The van der Waals surface area contributed by atoms with Gasteiger partial charge >= 0.3 is 0 Å². The number of fused-ring (bicyclic) bond motifs is 2. The van der Waals surface area contributed by atoms with Gasteiger partial charge in [-0.3, -0.25) is 4.79 Å². The van der Waals surface area contributed by atoms with Gasteiger partial charge in [0.2, 0.25) is 5.91 Å². The van der Waals surface area contributed by atoms with E-state index in [4.69, 9.17) is 18.0 Å². The monoisotopic (exact) mass is 268 g/mol. The molecule has 1 amide bonds. The van der Waals surface area contributed by atoms with Crippen LogP contribution in [-0.2, 0) is 4.79 Å². The summed E-state index contributed by atoms with van der Waals surface area (Å²) in [6.07, 6.45) is 5.61. The summed E-state index contributed by atoms with van der Waals surface area (Å²) in [5.41, 5.74) is 5.55. The lowest BCUT2D eigenvalue weighted by Gasteiger charge is -2.32. The molecule has 3 nitrogen and oxygen atoms in total. The molecule has 18 heavy (non-hydrogen) atoms. The molecule has 0 aromatic rings. The largest absolute Gasteiger partial charge is 0.393 e. The first-order chi connectivity index (χ1) is 8.49. The second kappa shape index (κ2) is 5.55. The minimum Gasteiger partial charge on any atom is -0.393 e. The van der Waals surface area contributed by atoms with Crippen LogP contribution in [0.1, 0.15) is 46.0 Å². The minimum absolute atomic E-state index is 0.242. The van der Waals surface area contributed by atoms with Crippen LogP contribution < -0.4 is 5.73 Å². The Bertz CT molecular complexity index is 343. The molecule has 0 radical (unpaired) electrons. The molecular weight excluding hydrogens is 244 g/mol. The third-order valence-electron chi connectivity index (χ3n) is 4.56. The van der Waals surface area contributed by atoms with Crippen LogP contribution >= 0.6 is 12.2 Å². The van der Waals surface area contributed by atoms with E-state index in [1.54, 1.807) is 0 Å². The highest BCUT2D eigenvalue weighted by Crippen LogP contribution is 2.49. The summed E-state index contributed by atoms with van der Waals surface area (Å²) in [4.78, 5) is 15.1. The molecule has 2 rings (SSSR count). The smallest absolute Gasteiger partial charge is 0.226 e. The molecule has 0 aromatic carbocycles. The Morgan fingerprint density at radius 3 is 2.56 bits per heavy atom. The van der Waals surface area contributed by atoms with Gasteiger partial charge in [-0.05, 0) is 44.9 Å². The number of nitrogens with zero attached hydrogens (tertiary/aromatic N) is 1. The topological polar surface area (TPSA) is 46.3 Å². The SMILES string of the molecule is CC(C)N(CCC(N)=S)C(=O)C1CC2CCC1C2. The van der Waals surface area contributed by atoms with Gasteiger partial charge in [-0.2, -0.15) is 0 Å². The van der Waals surface area contributed by atoms with Crippen LogP contribution in [0.5, 0.6) is 0 Å². The molecule has 2 saturated carbocycles. The first-order valence-electron chi connectivity index (χ1n) is 7.07. The number of carbonyl (C=O) groups is 1. The van der Waals surface area contributed by atoms with Crippen LogP contribution in [0.4, 0.5) is 0 Å². The van der Waals surface area contributed by atoms with E-state index in [0.717, 1.165) is 12.3 Å². The number of nitrogens with two attached hydrogens (primary N) is 1. The molecule has 2 aliphatic carbocycles. The Morgan fingerprint density at radius 2 is 2.11 bits per heavy atom. The van der Waals surface area contributed by atoms with Crippen molar-refractivity contribution in [2.75, 3.05) is 6.54 Å². The van der Waals surface area contributed by atoms with Crippen molar-refractivity contribution in [1.29, 1.82) is 0 Å². The zero-order chi connectivity index (χ0) is 13.3. The Hall–Kier alpha value is -0.640. The van der Waals surface area contributed by atoms with Gasteiger partial charge in [0.15, 0.2) is 0 Å². The molecular formula is C14H24N2OS. The lowest BCUT2D eigenvalue weighted by molar-refractivity contribution is -0.138. The van der Waals surface area contributed by atoms with Gasteiger partial charge in [0, 0.05) is 24.9 Å². The molecule has 2 N–H and O–H groups in total. The fourth-order valence-electron chi connectivity index (χ4n) is 3.61. The fraction of sp³-hybridized carbons (Fsp3) is 0.857. The number of carbonyl (C=O) groups excluding carboxylic acids is 1. The number of hydrogen-bond acceptors (Lipinski definition) is 2. The summed E-state index contributed by atoms with van der Waals surface area (Å²) in [5.74, 6) is 2.08. The molecule has 0 saturated heterocycles. The second-order valence-electron chi connectivity index (χ2n) is 6.12. The van der Waals surface area contributed by atoms with E-state index in [9.17, 15) is 4.79 Å². The Morgan fingerprint density at radius 1 is 1.39 bits per heavy atom. The Balaban J connectivity index is 1.97. The summed E-state index contributed by atoms with van der Waals surface area (Å²) in [5, 5.41) is 0. The van der Waals surface area contributed by atoms with Gasteiger partial charge in [-0.25, -0.2) is 0 Å². The third kappa shape index (κ3) is 2.85. The van der Waals surface area contributed by atoms with Gasteiger partial charge in [-0.15, -0.1) is 0 Å². The number of hydrogen-bond donors (Lipinski definition) is 1. The predicted molar refractivity (Wildman–Crippen MR) is 77.2 cm³/mol. The summed E-state index contributed by atoms with van der Waals surface area (Å²) < 4.78 is 0. The normalized spacial score (nSPS) is 29.8. The lowest BCUT2D eigenvalue weighted by Crippen LogP contribution is -2.43. The molecule has 2 bridgehead atoms. The van der Waals surface area contributed by atoms with Crippen molar-refractivity contribution in [2.45, 2.75) is 52.0 Å². The van der Waals surface area contributed by atoms with Crippen molar-refractivity contribution in [2.24, 2.45) is 23.5 Å². The van der Waals surface area contributed by atoms with Crippen LogP contribution in [0.25, 0.3) is 0 Å². The molecule has 4 heteroatoms. The predicted octanol–water partition coefficient (Wildman–Crippen LogP) is 2.34. The van der Waals surface area contributed by atoms with Gasteiger partial charge in [-0.1, -0.05) is 18.6 Å². The lowest BCUT2D eigenvalue weighted by atomic mass is 9.87. The molecule has 0 spiro atoms. The number of thiocarbonyl (C=S) groups is 1. The van der Waals surface area contributed by atoms with Gasteiger partial charge in [0.25, 0.3) is 0 Å². The molecule has 102 valence electrons. The van der Waals surface area contributed by atoms with Crippen LogP contribution in [0.3, 0.4) is 0 Å². The maximum Gasteiger partial charge on any atom is 0.226 e. The summed E-state index contributed by atoms with van der Waals surface area (Å²) in [7, 11) is 0. The first-order valence-corrected chi connectivity index (χ1v) is 7.48. The van der Waals surface area contributed by atoms with Crippen molar-refractivity contribution >= 4 is 23.1 Å². The molecule has 2 aliphatic rings. The quantitative estimate of drug-likeness (QED) is 0.779. The maximum absolute atomic E-state index is 12.6. The fourth-order valence-corrected chi connectivity index (χ4v) is 3.70. The van der Waals surface area contributed by atoms with Crippen LogP contribution in [-0.4, -0.2) is 28.4 Å². The summed E-state index contributed by atoms with van der Waals surface area (Å²) in [6.45, 7) is 4.83. The number of rotatable bonds is 5. The summed E-state index contributed by atoms with van der Waals surface area (Å²) in [6, 6.07) is 0.242. The van der Waals surface area contributed by atoms with E-state index >= 15 is 0 Å². The standard InChI is InChI=1S/C14H24N2OS/c1-9(2)16(6-5-13(15)18)14(17)12-8-10-3-4-11(12)7-10/h9-12H,3-8H2,1-2H3,(H2,15,18). The molecule has 3 atom stereocenters. The average molecular weight is 268 g/mol. The highest BCUT2D eigenvalue weighted by Gasteiger charge is 2.44. The van der Waals surface area contributed by atoms with Crippen molar-refractivity contribution in [3.05, 3.63) is 0 Å². The average Bonchev–Trinajstić information content (AvgIpc) is 2.89. The van der Waals surface area contributed by atoms with E-state index in [1.807, 2.05) is 4.90 Å². The molecule has 0 heterocycles. The van der Waals surface area contributed by atoms with Crippen LogP contribution in [0.15, 0.2) is 0 Å². The van der Waals surface area contributed by atoms with Crippen molar-refractivity contribution < 1.29 is 4.79 Å². The van der Waals surface area contributed by atoms with Gasteiger partial charge < -0.3 is 10.6 Å². The minimum atomic E-state index is 0.242. The Labute approximate surface area is 115 Å². The highest BCUT2D eigenvalue weighted by molar-refractivity contribution is 7.80. The second-order valence-corrected chi connectivity index (χ2v) is 6.65. The van der Waals surface area contributed by atoms with Gasteiger partial charge in [0.05, 0.1) is 4.99 Å². The molecule has 3 unspecified atom stereocenters. The van der Waals surface area contributed by atoms with Crippen molar-refractivity contribution in [3.8, 4) is 0 Å². The third-order valence-corrected chi connectivity index (χ3v) is 4.76. The maximum atomic E-state index is 12.6. The van der Waals surface area contributed by atoms with Crippen LogP contribution in [0, 0.1) is 17.8 Å². The van der Waals surface area contributed by atoms with Crippen molar-refractivity contribution in [3.63, 3.8) is 0 Å². The summed E-state index contributed by atoms with van der Waals surface area (Å²) >= 11 is 4.91. The van der Waals surface area contributed by atoms with E-state index in [-0.39, 0.29) is 12.0 Å². The highest BCUT2D eigenvalue weighted by atomic mass is 32.1. The molecule has 0 aliphatic heterocycles.